The summed E-state index contributed by atoms with van der Waals surface area (Å²) in [5.74, 6) is 0.950. The third-order valence-electron chi connectivity index (χ3n) is 8.66. The van der Waals surface area contributed by atoms with E-state index < -0.39 is 0 Å². The first-order chi connectivity index (χ1) is 22.2. The van der Waals surface area contributed by atoms with E-state index in [9.17, 15) is 0 Å². The first kappa shape index (κ1) is 43.4. The number of ether oxygens (including phenoxy) is 1. The Bertz CT molecular complexity index is 1600. The SMILES string of the molecule is CC1C[C@@H](O)CN1C.Cc1cc(C)c2ccc(C)c(Br)c2n1.Cc1cc(O[C@@H]2CC(C)N(C)C2)c2ccc(C)c(Br)c2n1.II.PP. The molecular weight excluding hydrogens is 984 g/mol. The molecule has 0 saturated carbocycles. The minimum atomic E-state index is -0.0741. The Morgan fingerprint density at radius 2 is 1.21 bits per heavy atom. The highest BCUT2D eigenvalue weighted by Gasteiger charge is 2.28. The number of pyridine rings is 2. The summed E-state index contributed by atoms with van der Waals surface area (Å²) in [5, 5.41) is 11.3. The molecule has 2 fully saturated rings. The predicted octanol–water partition coefficient (Wildman–Crippen LogP) is 10.5. The summed E-state index contributed by atoms with van der Waals surface area (Å²) in [6, 6.07) is 13.8. The van der Waals surface area contributed by atoms with Crippen LogP contribution in [0.4, 0.5) is 0 Å². The fourth-order valence-electron chi connectivity index (χ4n) is 5.80. The average molecular weight is 1030 g/mol. The van der Waals surface area contributed by atoms with Gasteiger partial charge in [-0.2, -0.15) is 0 Å². The molecule has 6 nitrogen and oxygen atoms in total. The van der Waals surface area contributed by atoms with E-state index in [0.29, 0.717) is 12.1 Å². The lowest BCUT2D eigenvalue weighted by molar-refractivity contribution is 0.182. The van der Waals surface area contributed by atoms with Gasteiger partial charge in [0.2, 0.25) is 0 Å². The van der Waals surface area contributed by atoms with Gasteiger partial charge in [0.25, 0.3) is 0 Å². The van der Waals surface area contributed by atoms with E-state index in [-0.39, 0.29) is 12.2 Å². The molecule has 6 rings (SSSR count). The largest absolute Gasteiger partial charge is 0.488 e. The van der Waals surface area contributed by atoms with Crippen LogP contribution in [0.3, 0.4) is 0 Å². The molecule has 6 atom stereocenters. The molecule has 47 heavy (non-hydrogen) atoms. The second-order valence-corrected chi connectivity index (χ2v) is 14.1. The van der Waals surface area contributed by atoms with E-state index in [0.717, 1.165) is 68.4 Å². The molecule has 0 bridgehead atoms. The van der Waals surface area contributed by atoms with Crippen molar-refractivity contribution in [3.05, 3.63) is 73.4 Å². The van der Waals surface area contributed by atoms with Crippen LogP contribution in [0.2, 0.25) is 0 Å². The molecule has 2 saturated heterocycles. The first-order valence-corrected chi connectivity index (χ1v) is 26.1. The van der Waals surface area contributed by atoms with Gasteiger partial charge in [-0.15, -0.1) is 17.9 Å². The van der Waals surface area contributed by atoms with Gasteiger partial charge in [-0.25, -0.2) is 0 Å². The van der Waals surface area contributed by atoms with Crippen molar-refractivity contribution < 1.29 is 9.84 Å². The van der Waals surface area contributed by atoms with Crippen LogP contribution >= 0.6 is 86.9 Å². The average Bonchev–Trinajstić information content (AvgIpc) is 3.51. The molecule has 12 heteroatoms. The van der Waals surface area contributed by atoms with E-state index in [2.05, 4.69) is 179 Å². The van der Waals surface area contributed by atoms with Crippen molar-refractivity contribution in [2.45, 2.75) is 85.6 Å². The number of hydrogen-bond donors (Lipinski definition) is 1. The Morgan fingerprint density at radius 1 is 0.745 bits per heavy atom. The van der Waals surface area contributed by atoms with E-state index in [1.54, 1.807) is 0 Å². The number of aliphatic hydroxyl groups excluding tert-OH is 1. The quantitative estimate of drug-likeness (QED) is 0.159. The fourth-order valence-corrected chi connectivity index (χ4v) is 6.67. The number of aryl methyl sites for hydroxylation is 5. The third kappa shape index (κ3) is 12.2. The van der Waals surface area contributed by atoms with Crippen LogP contribution in [0.5, 0.6) is 5.75 Å². The second kappa shape index (κ2) is 20.9. The monoisotopic (exact) mass is 1030 g/mol. The Morgan fingerprint density at radius 3 is 1.66 bits per heavy atom. The molecule has 0 radical (unpaired) electrons. The number of aromatic nitrogens is 2. The Kier molecular flexibility index (Phi) is 19.3. The molecule has 2 aliphatic heterocycles. The van der Waals surface area contributed by atoms with E-state index in [1.165, 1.54) is 22.1 Å². The summed E-state index contributed by atoms with van der Waals surface area (Å²) in [5.41, 5.74) is 7.83. The Labute approximate surface area is 327 Å². The van der Waals surface area contributed by atoms with Gasteiger partial charge in [0.15, 0.2) is 0 Å². The number of halogens is 4. The number of aliphatic hydroxyl groups is 1. The highest BCUT2D eigenvalue weighted by atomic mass is 128. The molecule has 4 heterocycles. The van der Waals surface area contributed by atoms with Gasteiger partial charge in [0, 0.05) is 106 Å². The molecule has 4 aromatic rings. The van der Waals surface area contributed by atoms with Crippen molar-refractivity contribution in [1.29, 1.82) is 0 Å². The van der Waals surface area contributed by atoms with E-state index >= 15 is 0 Å². The van der Waals surface area contributed by atoms with Crippen LogP contribution in [0.25, 0.3) is 21.8 Å². The van der Waals surface area contributed by atoms with Gasteiger partial charge < -0.3 is 14.7 Å². The van der Waals surface area contributed by atoms with Crippen molar-refractivity contribution in [1.82, 2.24) is 19.8 Å². The molecule has 260 valence electrons. The number of fused-ring (bicyclic) bond motifs is 2. The normalized spacial score (nSPS) is 20.7. The van der Waals surface area contributed by atoms with Crippen molar-refractivity contribution in [2.75, 3.05) is 27.2 Å². The van der Waals surface area contributed by atoms with Crippen LogP contribution in [0.1, 0.15) is 54.8 Å². The third-order valence-corrected chi connectivity index (χ3v) is 10.7. The van der Waals surface area contributed by atoms with Crippen LogP contribution in [-0.2, 0) is 0 Å². The van der Waals surface area contributed by atoms with Gasteiger partial charge in [-0.05, 0) is 130 Å². The van der Waals surface area contributed by atoms with Gasteiger partial charge in [0.05, 0.1) is 17.1 Å². The molecule has 0 amide bonds. The molecular formula is C35H50Br2I2N4O2P2. The summed E-state index contributed by atoms with van der Waals surface area (Å²) in [4.78, 5) is 13.7. The van der Waals surface area contributed by atoms with Gasteiger partial charge in [-0.3, -0.25) is 14.9 Å². The number of benzene rings is 2. The zero-order valence-corrected chi connectivity index (χ0v) is 38.7. The standard InChI is InChI=1S/C17H21BrN2O.C12H12BrN.C6H13NO.I2.H4P2/c1-10-5-6-14-15(7-11(2)19-17(14)16(10)18)21-13-8-12(3)20(4)9-13;1-7-4-5-10-8(2)6-9(3)14-12(10)11(7)13;1-5-3-6(8)4-7(5)2;2*1-2/h5-7,12-13H,8-9H2,1-4H3;4-6H,1-3H3;5-6,8H,3-4H2,1-2H3;;1-2H2/t12?,13-;;5?,6-;;/m1.1../s1. The lowest BCUT2D eigenvalue weighted by atomic mass is 10.1. The van der Waals surface area contributed by atoms with Crippen LogP contribution in [0.15, 0.2) is 45.3 Å². The topological polar surface area (TPSA) is 61.7 Å². The fraction of sp³-hybridized carbons (Fsp3) is 0.486. The molecule has 2 aliphatic rings. The zero-order valence-electron chi connectivity index (χ0n) is 28.9. The van der Waals surface area contributed by atoms with E-state index in [4.69, 9.17) is 9.84 Å². The number of rotatable bonds is 2. The van der Waals surface area contributed by atoms with Crippen molar-refractivity contribution in [3.63, 3.8) is 0 Å². The van der Waals surface area contributed by atoms with Crippen molar-refractivity contribution >= 4 is 109 Å². The number of β-amino-alcohol motifs (C(OH)–C–C–N with tert-alkyl or cyclic N) is 1. The second-order valence-electron chi connectivity index (χ2n) is 12.5. The number of nitrogens with zero attached hydrogens (tertiary/aromatic N) is 4. The Balaban J connectivity index is 0.000000254. The van der Waals surface area contributed by atoms with Crippen LogP contribution in [-0.4, -0.2) is 76.4 Å². The van der Waals surface area contributed by atoms with Gasteiger partial charge >= 0.3 is 0 Å². The maximum absolute atomic E-state index is 9.03. The number of likely N-dealkylation sites (tertiary alicyclic amines) is 2. The minimum Gasteiger partial charge on any atom is -0.488 e. The number of likely N-dealkylation sites (N-methyl/N-ethyl adjacent to an activating group) is 2. The number of hydrogen-bond acceptors (Lipinski definition) is 6. The molecule has 0 spiro atoms. The zero-order chi connectivity index (χ0) is 35.6. The molecule has 1 N–H and O–H groups in total. The predicted molar refractivity (Wildman–Crippen MR) is 234 cm³/mol. The lowest BCUT2D eigenvalue weighted by Crippen LogP contribution is -2.23. The molecule has 4 unspecified atom stereocenters. The summed E-state index contributed by atoms with van der Waals surface area (Å²) < 4.78 is 8.48. The van der Waals surface area contributed by atoms with Crippen molar-refractivity contribution in [2.24, 2.45) is 0 Å². The Hall–Kier alpha value is 0.220. The van der Waals surface area contributed by atoms with Crippen LogP contribution in [0, 0.1) is 34.6 Å². The maximum atomic E-state index is 9.03. The van der Waals surface area contributed by atoms with E-state index in [1.807, 2.05) is 27.0 Å². The minimum absolute atomic E-state index is 0.0741. The lowest BCUT2D eigenvalue weighted by Gasteiger charge is -2.17. The first-order valence-electron chi connectivity index (χ1n) is 15.6. The summed E-state index contributed by atoms with van der Waals surface area (Å²) in [6.07, 6.45) is 2.20. The van der Waals surface area contributed by atoms with Gasteiger partial charge in [0.1, 0.15) is 11.9 Å². The van der Waals surface area contributed by atoms with Gasteiger partial charge in [-0.1, -0.05) is 18.2 Å². The highest BCUT2D eigenvalue weighted by molar-refractivity contribution is 15.0. The molecule has 0 aliphatic carbocycles. The summed E-state index contributed by atoms with van der Waals surface area (Å²) in [6.45, 7) is 16.6. The van der Waals surface area contributed by atoms with Crippen LogP contribution < -0.4 is 4.74 Å². The van der Waals surface area contributed by atoms with Crippen molar-refractivity contribution in [3.8, 4) is 5.75 Å². The highest BCUT2D eigenvalue weighted by Crippen LogP contribution is 2.34. The smallest absolute Gasteiger partial charge is 0.131 e. The maximum Gasteiger partial charge on any atom is 0.131 e. The molecule has 2 aromatic carbocycles. The summed E-state index contributed by atoms with van der Waals surface area (Å²) >= 11 is 11.5. The summed E-state index contributed by atoms with van der Waals surface area (Å²) in [7, 11) is 8.87. The molecule has 2 aromatic heterocycles.